The Hall–Kier alpha value is -1.51. The maximum absolute atomic E-state index is 13.3. The van der Waals surface area contributed by atoms with Crippen molar-refractivity contribution in [1.29, 1.82) is 0 Å². The molecule has 20 heavy (non-hydrogen) atoms. The van der Waals surface area contributed by atoms with Gasteiger partial charge in [-0.3, -0.25) is 0 Å². The summed E-state index contributed by atoms with van der Waals surface area (Å²) in [6.07, 6.45) is 0.495. The number of aromatic nitrogens is 1. The molecule has 0 bridgehead atoms. The van der Waals surface area contributed by atoms with Gasteiger partial charge in [0.15, 0.2) is 0 Å². The molecule has 0 amide bonds. The zero-order valence-corrected chi connectivity index (χ0v) is 12.4. The number of thiazole rings is 1. The smallest absolute Gasteiger partial charge is 0.240 e. The lowest BCUT2D eigenvalue weighted by Gasteiger charge is -2.06. The highest BCUT2D eigenvalue weighted by Gasteiger charge is 2.15. The van der Waals surface area contributed by atoms with Crippen LogP contribution in [0.5, 0.6) is 0 Å². The molecule has 0 fully saturated rings. The van der Waals surface area contributed by atoms with E-state index in [0.29, 0.717) is 6.42 Å². The molecule has 0 unspecified atom stereocenters. The number of rotatable bonds is 5. The highest BCUT2D eigenvalue weighted by atomic mass is 32.2. The summed E-state index contributed by atoms with van der Waals surface area (Å²) in [5.41, 5.74) is 6.14. The highest BCUT2D eigenvalue weighted by molar-refractivity contribution is 7.89. The number of hydrogen-bond acceptors (Lipinski definition) is 5. The van der Waals surface area contributed by atoms with Gasteiger partial charge >= 0.3 is 0 Å². The van der Waals surface area contributed by atoms with E-state index in [1.54, 1.807) is 0 Å². The van der Waals surface area contributed by atoms with E-state index < -0.39 is 15.8 Å². The molecular formula is C12H14FN3O2S2. The first-order chi connectivity index (χ1) is 9.38. The van der Waals surface area contributed by atoms with Crippen LogP contribution in [0.4, 0.5) is 10.1 Å². The van der Waals surface area contributed by atoms with Gasteiger partial charge in [-0.25, -0.2) is 22.5 Å². The van der Waals surface area contributed by atoms with E-state index in [1.807, 2.05) is 12.3 Å². The van der Waals surface area contributed by atoms with Crippen molar-refractivity contribution in [3.8, 4) is 0 Å². The highest BCUT2D eigenvalue weighted by Crippen LogP contribution is 2.16. The minimum atomic E-state index is -3.73. The average molecular weight is 315 g/mol. The minimum Gasteiger partial charge on any atom is -0.396 e. The normalized spacial score (nSPS) is 11.7. The molecule has 0 saturated carbocycles. The number of nitrogen functional groups attached to an aromatic ring is 1. The molecule has 0 aliphatic rings. The Kier molecular flexibility index (Phi) is 4.36. The monoisotopic (exact) mass is 315 g/mol. The van der Waals surface area contributed by atoms with Crippen molar-refractivity contribution in [3.63, 3.8) is 0 Å². The van der Waals surface area contributed by atoms with Crippen LogP contribution < -0.4 is 10.5 Å². The molecule has 1 heterocycles. The van der Waals surface area contributed by atoms with Gasteiger partial charge in [0, 0.05) is 24.0 Å². The number of aryl methyl sites for hydroxylation is 1. The fraction of sp³-hybridized carbons (Fsp3) is 0.250. The van der Waals surface area contributed by atoms with Gasteiger partial charge in [0.1, 0.15) is 5.82 Å². The Labute approximate surface area is 120 Å². The maximum Gasteiger partial charge on any atom is 0.240 e. The predicted molar refractivity (Wildman–Crippen MR) is 76.6 cm³/mol. The van der Waals surface area contributed by atoms with E-state index >= 15 is 0 Å². The van der Waals surface area contributed by atoms with Crippen molar-refractivity contribution in [2.45, 2.75) is 18.2 Å². The first-order valence-electron chi connectivity index (χ1n) is 5.84. The Morgan fingerprint density at radius 2 is 2.20 bits per heavy atom. The molecule has 1 aromatic heterocycles. The third-order valence-electron chi connectivity index (χ3n) is 2.58. The largest absolute Gasteiger partial charge is 0.396 e. The fourth-order valence-electron chi connectivity index (χ4n) is 1.57. The van der Waals surface area contributed by atoms with Crippen molar-refractivity contribution in [2.24, 2.45) is 0 Å². The summed E-state index contributed by atoms with van der Waals surface area (Å²) in [7, 11) is -3.73. The Morgan fingerprint density at radius 3 is 2.80 bits per heavy atom. The molecule has 0 aliphatic heterocycles. The van der Waals surface area contributed by atoms with E-state index in [9.17, 15) is 12.8 Å². The number of sulfonamides is 1. The zero-order chi connectivity index (χ0) is 14.8. The molecule has 0 saturated heterocycles. The zero-order valence-electron chi connectivity index (χ0n) is 10.8. The van der Waals surface area contributed by atoms with Crippen molar-refractivity contribution in [3.05, 3.63) is 40.1 Å². The quantitative estimate of drug-likeness (QED) is 0.822. The van der Waals surface area contributed by atoms with Crippen LogP contribution in [0.25, 0.3) is 0 Å². The number of halogens is 1. The van der Waals surface area contributed by atoms with E-state index in [2.05, 4.69) is 9.71 Å². The molecule has 0 radical (unpaired) electrons. The first-order valence-corrected chi connectivity index (χ1v) is 8.20. The molecular weight excluding hydrogens is 301 g/mol. The molecule has 8 heteroatoms. The third-order valence-corrected chi connectivity index (χ3v) is 5.06. The van der Waals surface area contributed by atoms with E-state index in [-0.39, 0.29) is 17.1 Å². The molecule has 3 N–H and O–H groups in total. The Bertz CT molecular complexity index is 713. The van der Waals surface area contributed by atoms with Gasteiger partial charge in [-0.1, -0.05) is 0 Å². The molecule has 5 nitrogen and oxygen atoms in total. The second kappa shape index (κ2) is 5.86. The summed E-state index contributed by atoms with van der Waals surface area (Å²) in [5.74, 6) is -0.747. The summed E-state index contributed by atoms with van der Waals surface area (Å²) in [6, 6.07) is 3.41. The number of nitrogens with zero attached hydrogens (tertiary/aromatic N) is 1. The van der Waals surface area contributed by atoms with Gasteiger partial charge in [0.2, 0.25) is 10.0 Å². The van der Waals surface area contributed by atoms with Gasteiger partial charge < -0.3 is 5.73 Å². The van der Waals surface area contributed by atoms with Gasteiger partial charge in [0.25, 0.3) is 0 Å². The standard InChI is InChI=1S/C12H14FN3O2S2/c1-8-7-19-12(16-8)4-5-15-20(17,18)9-2-3-11(14)10(13)6-9/h2-3,6-7,15H,4-5,14H2,1H3. The molecule has 0 atom stereocenters. The van der Waals surface area contributed by atoms with Crippen molar-refractivity contribution in [2.75, 3.05) is 12.3 Å². The van der Waals surface area contributed by atoms with Crippen LogP contribution in [-0.4, -0.2) is 19.9 Å². The molecule has 2 aromatic rings. The lowest BCUT2D eigenvalue weighted by molar-refractivity contribution is 0.578. The van der Waals surface area contributed by atoms with Crippen LogP contribution in [-0.2, 0) is 16.4 Å². The molecule has 1 aromatic carbocycles. The number of benzene rings is 1. The number of anilines is 1. The third kappa shape index (κ3) is 3.53. The van der Waals surface area contributed by atoms with E-state index in [0.717, 1.165) is 16.8 Å². The lowest BCUT2D eigenvalue weighted by atomic mass is 10.3. The summed E-state index contributed by atoms with van der Waals surface area (Å²) in [5, 5.41) is 2.76. The minimum absolute atomic E-state index is 0.0813. The SMILES string of the molecule is Cc1csc(CCNS(=O)(=O)c2ccc(N)c(F)c2)n1. The molecule has 2 rings (SSSR count). The molecule has 0 spiro atoms. The van der Waals surface area contributed by atoms with E-state index in [4.69, 9.17) is 5.73 Å². The topological polar surface area (TPSA) is 85.1 Å². The van der Waals surface area contributed by atoms with Crippen molar-refractivity contribution >= 4 is 27.0 Å². The summed E-state index contributed by atoms with van der Waals surface area (Å²) < 4.78 is 39.6. The van der Waals surface area contributed by atoms with Crippen LogP contribution in [0, 0.1) is 12.7 Å². The van der Waals surface area contributed by atoms with Crippen molar-refractivity contribution in [1.82, 2.24) is 9.71 Å². The van der Waals surface area contributed by atoms with Crippen LogP contribution >= 0.6 is 11.3 Å². The lowest BCUT2D eigenvalue weighted by Crippen LogP contribution is -2.26. The number of nitrogens with one attached hydrogen (secondary N) is 1. The Morgan fingerprint density at radius 1 is 1.45 bits per heavy atom. The van der Waals surface area contributed by atoms with Gasteiger partial charge in [0.05, 0.1) is 15.6 Å². The van der Waals surface area contributed by atoms with Crippen LogP contribution in [0.2, 0.25) is 0 Å². The number of nitrogens with two attached hydrogens (primary N) is 1. The summed E-state index contributed by atoms with van der Waals surface area (Å²) >= 11 is 1.48. The maximum atomic E-state index is 13.3. The Balaban J connectivity index is 2.02. The van der Waals surface area contributed by atoms with Crippen LogP contribution in [0.1, 0.15) is 10.7 Å². The van der Waals surface area contributed by atoms with E-state index in [1.165, 1.54) is 23.5 Å². The van der Waals surface area contributed by atoms with Gasteiger partial charge in [-0.2, -0.15) is 0 Å². The van der Waals surface area contributed by atoms with Gasteiger partial charge in [-0.15, -0.1) is 11.3 Å². The average Bonchev–Trinajstić information content (AvgIpc) is 2.78. The van der Waals surface area contributed by atoms with Gasteiger partial charge in [-0.05, 0) is 25.1 Å². The van der Waals surface area contributed by atoms with Crippen LogP contribution in [0.3, 0.4) is 0 Å². The predicted octanol–water partition coefficient (Wildman–Crippen LogP) is 1.69. The molecule has 108 valence electrons. The summed E-state index contributed by atoms with van der Waals surface area (Å²) in [4.78, 5) is 4.10. The first kappa shape index (κ1) is 14.9. The molecule has 0 aliphatic carbocycles. The number of hydrogen-bond donors (Lipinski definition) is 2. The fourth-order valence-corrected chi connectivity index (χ4v) is 3.39. The van der Waals surface area contributed by atoms with Crippen molar-refractivity contribution < 1.29 is 12.8 Å². The second-order valence-corrected chi connectivity index (χ2v) is 6.92. The summed E-state index contributed by atoms with van der Waals surface area (Å²) in [6.45, 7) is 2.09. The van der Waals surface area contributed by atoms with Crippen LogP contribution in [0.15, 0.2) is 28.5 Å². The second-order valence-electron chi connectivity index (χ2n) is 4.21.